The Balaban J connectivity index is 1.98. The Hall–Kier alpha value is -1.88. The number of nitrogens with zero attached hydrogens (tertiary/aromatic N) is 2. The molecule has 0 radical (unpaired) electrons. The van der Waals surface area contributed by atoms with Crippen LogP contribution >= 0.6 is 0 Å². The van der Waals surface area contributed by atoms with E-state index < -0.39 is 5.97 Å². The fraction of sp³-hybridized carbons (Fsp3) is 0.429. The smallest absolute Gasteiger partial charge is 0.303 e. The number of imidazole rings is 1. The number of nitrogens with one attached hydrogen (secondary N) is 1. The number of aromatic nitrogens is 2. The van der Waals surface area contributed by atoms with Crippen LogP contribution in [0.5, 0.6) is 0 Å². The maximum absolute atomic E-state index is 10.4. The van der Waals surface area contributed by atoms with E-state index in [0.29, 0.717) is 19.5 Å². The van der Waals surface area contributed by atoms with Crippen LogP contribution in [-0.2, 0) is 17.9 Å². The molecule has 5 heteroatoms. The van der Waals surface area contributed by atoms with Crippen molar-refractivity contribution in [1.82, 2.24) is 14.9 Å². The summed E-state index contributed by atoms with van der Waals surface area (Å²) in [6.07, 6.45) is 0.846. The molecular formula is C14H19N3O2. The van der Waals surface area contributed by atoms with E-state index in [1.54, 1.807) is 0 Å². The highest BCUT2D eigenvalue weighted by atomic mass is 16.4. The summed E-state index contributed by atoms with van der Waals surface area (Å²) in [5.41, 5.74) is 2.15. The zero-order valence-electron chi connectivity index (χ0n) is 11.1. The summed E-state index contributed by atoms with van der Waals surface area (Å²) in [5, 5.41) is 11.8. The Labute approximate surface area is 112 Å². The number of hydrogen-bond acceptors (Lipinski definition) is 3. The molecule has 19 heavy (non-hydrogen) atoms. The van der Waals surface area contributed by atoms with Gasteiger partial charge in [-0.05, 0) is 32.0 Å². The largest absolute Gasteiger partial charge is 0.481 e. The third-order valence-corrected chi connectivity index (χ3v) is 3.08. The van der Waals surface area contributed by atoms with Crippen LogP contribution in [-0.4, -0.2) is 27.2 Å². The van der Waals surface area contributed by atoms with Crippen molar-refractivity contribution >= 4 is 17.0 Å². The molecule has 0 aliphatic rings. The van der Waals surface area contributed by atoms with Crippen molar-refractivity contribution in [2.45, 2.75) is 32.9 Å². The van der Waals surface area contributed by atoms with Crippen molar-refractivity contribution in [1.29, 1.82) is 0 Å². The van der Waals surface area contributed by atoms with Gasteiger partial charge in [0.2, 0.25) is 0 Å². The quantitative estimate of drug-likeness (QED) is 0.748. The number of carboxylic acid groups (broad SMARTS) is 1. The zero-order valence-corrected chi connectivity index (χ0v) is 11.1. The van der Waals surface area contributed by atoms with Crippen molar-refractivity contribution in [2.75, 3.05) is 6.54 Å². The average Bonchev–Trinajstić information content (AvgIpc) is 2.75. The van der Waals surface area contributed by atoms with Crippen LogP contribution in [0.4, 0.5) is 0 Å². The van der Waals surface area contributed by atoms with Gasteiger partial charge in [0.15, 0.2) is 0 Å². The highest BCUT2D eigenvalue weighted by Gasteiger charge is 2.08. The zero-order chi connectivity index (χ0) is 13.7. The number of carboxylic acids is 1. The van der Waals surface area contributed by atoms with E-state index in [1.165, 1.54) is 0 Å². The van der Waals surface area contributed by atoms with E-state index in [9.17, 15) is 4.79 Å². The molecule has 2 N–H and O–H groups in total. The predicted octanol–water partition coefficient (Wildman–Crippen LogP) is 2.01. The molecule has 0 bridgehead atoms. The van der Waals surface area contributed by atoms with Crippen molar-refractivity contribution in [3.63, 3.8) is 0 Å². The summed E-state index contributed by atoms with van der Waals surface area (Å²) in [6.45, 7) is 4.34. The average molecular weight is 261 g/mol. The van der Waals surface area contributed by atoms with Crippen LogP contribution in [0.25, 0.3) is 11.0 Å². The Morgan fingerprint density at radius 1 is 1.42 bits per heavy atom. The molecule has 0 amide bonds. The normalized spacial score (nSPS) is 11.0. The molecule has 0 unspecified atom stereocenters. The highest BCUT2D eigenvalue weighted by molar-refractivity contribution is 5.75. The van der Waals surface area contributed by atoms with Gasteiger partial charge in [0.1, 0.15) is 5.82 Å². The molecular weight excluding hydrogens is 242 g/mol. The number of para-hydroxylation sites is 2. The van der Waals surface area contributed by atoms with E-state index in [0.717, 1.165) is 23.4 Å². The van der Waals surface area contributed by atoms with Gasteiger partial charge in [-0.15, -0.1) is 0 Å². The SMILES string of the molecule is CCn1c(CNCCCC(=O)O)nc2ccccc21. The molecule has 102 valence electrons. The lowest BCUT2D eigenvalue weighted by molar-refractivity contribution is -0.137. The molecule has 0 spiro atoms. The molecule has 0 atom stereocenters. The van der Waals surface area contributed by atoms with Crippen LogP contribution in [0.1, 0.15) is 25.6 Å². The lowest BCUT2D eigenvalue weighted by Gasteiger charge is -2.07. The van der Waals surface area contributed by atoms with Crippen molar-refractivity contribution in [3.05, 3.63) is 30.1 Å². The van der Waals surface area contributed by atoms with E-state index >= 15 is 0 Å². The Morgan fingerprint density at radius 2 is 2.21 bits per heavy atom. The number of fused-ring (bicyclic) bond motifs is 1. The Bertz CT molecular complexity index is 563. The van der Waals surface area contributed by atoms with Gasteiger partial charge in [-0.25, -0.2) is 4.98 Å². The van der Waals surface area contributed by atoms with Crippen LogP contribution in [0.15, 0.2) is 24.3 Å². The van der Waals surface area contributed by atoms with Gasteiger partial charge in [0.05, 0.1) is 17.6 Å². The van der Waals surface area contributed by atoms with Gasteiger partial charge >= 0.3 is 5.97 Å². The van der Waals surface area contributed by atoms with Gasteiger partial charge in [-0.1, -0.05) is 12.1 Å². The maximum Gasteiger partial charge on any atom is 0.303 e. The highest BCUT2D eigenvalue weighted by Crippen LogP contribution is 2.15. The van der Waals surface area contributed by atoms with Gasteiger partial charge in [0, 0.05) is 13.0 Å². The minimum absolute atomic E-state index is 0.206. The van der Waals surface area contributed by atoms with Crippen molar-refractivity contribution in [2.24, 2.45) is 0 Å². The third-order valence-electron chi connectivity index (χ3n) is 3.08. The molecule has 2 rings (SSSR count). The Kier molecular flexibility index (Phi) is 4.52. The van der Waals surface area contributed by atoms with Gasteiger partial charge in [0.25, 0.3) is 0 Å². The van der Waals surface area contributed by atoms with Gasteiger partial charge < -0.3 is 15.0 Å². The van der Waals surface area contributed by atoms with Crippen LogP contribution in [0.2, 0.25) is 0 Å². The fourth-order valence-electron chi connectivity index (χ4n) is 2.18. The van der Waals surface area contributed by atoms with Crippen LogP contribution < -0.4 is 5.32 Å². The number of hydrogen-bond donors (Lipinski definition) is 2. The van der Waals surface area contributed by atoms with Gasteiger partial charge in [-0.3, -0.25) is 4.79 Å². The first-order valence-electron chi connectivity index (χ1n) is 6.59. The molecule has 0 aliphatic carbocycles. The fourth-order valence-corrected chi connectivity index (χ4v) is 2.18. The molecule has 1 aromatic heterocycles. The van der Waals surface area contributed by atoms with E-state index in [4.69, 9.17) is 5.11 Å². The van der Waals surface area contributed by atoms with Gasteiger partial charge in [-0.2, -0.15) is 0 Å². The number of aliphatic carboxylic acids is 1. The summed E-state index contributed by atoms with van der Waals surface area (Å²) in [5.74, 6) is 0.252. The second-order valence-corrected chi connectivity index (χ2v) is 4.44. The molecule has 0 aliphatic heterocycles. The molecule has 1 aromatic carbocycles. The van der Waals surface area contributed by atoms with E-state index in [-0.39, 0.29) is 6.42 Å². The minimum atomic E-state index is -0.748. The summed E-state index contributed by atoms with van der Waals surface area (Å²) in [6, 6.07) is 8.08. The summed E-state index contributed by atoms with van der Waals surface area (Å²) in [4.78, 5) is 15.0. The second kappa shape index (κ2) is 6.33. The molecule has 0 saturated carbocycles. The lowest BCUT2D eigenvalue weighted by atomic mass is 10.3. The number of rotatable bonds is 7. The van der Waals surface area contributed by atoms with E-state index in [1.807, 2.05) is 18.2 Å². The summed E-state index contributed by atoms with van der Waals surface area (Å²) in [7, 11) is 0. The minimum Gasteiger partial charge on any atom is -0.481 e. The van der Waals surface area contributed by atoms with Crippen LogP contribution in [0, 0.1) is 0 Å². The third kappa shape index (κ3) is 3.32. The van der Waals surface area contributed by atoms with Crippen molar-refractivity contribution in [3.8, 4) is 0 Å². The topological polar surface area (TPSA) is 67.2 Å². The van der Waals surface area contributed by atoms with Crippen molar-refractivity contribution < 1.29 is 9.90 Å². The molecule has 0 fully saturated rings. The maximum atomic E-state index is 10.4. The lowest BCUT2D eigenvalue weighted by Crippen LogP contribution is -2.18. The number of carbonyl (C=O) groups is 1. The molecule has 1 heterocycles. The Morgan fingerprint density at radius 3 is 2.95 bits per heavy atom. The summed E-state index contributed by atoms with van der Waals surface area (Å²) < 4.78 is 2.18. The monoisotopic (exact) mass is 261 g/mol. The summed E-state index contributed by atoms with van der Waals surface area (Å²) >= 11 is 0. The standard InChI is InChI=1S/C14H19N3O2/c1-2-17-12-7-4-3-6-11(12)16-13(17)10-15-9-5-8-14(18)19/h3-4,6-7,15H,2,5,8-10H2,1H3,(H,18,19). The van der Waals surface area contributed by atoms with E-state index in [2.05, 4.69) is 27.9 Å². The van der Waals surface area contributed by atoms with Crippen LogP contribution in [0.3, 0.4) is 0 Å². The number of benzene rings is 1. The molecule has 0 saturated heterocycles. The first-order chi connectivity index (χ1) is 9.22. The first-order valence-corrected chi connectivity index (χ1v) is 6.59. The predicted molar refractivity (Wildman–Crippen MR) is 74.0 cm³/mol. The second-order valence-electron chi connectivity index (χ2n) is 4.44. The molecule has 5 nitrogen and oxygen atoms in total. The molecule has 2 aromatic rings. The first kappa shape index (κ1) is 13.5. The number of aryl methyl sites for hydroxylation is 1.